The molecule has 0 unspecified atom stereocenters. The fourth-order valence-corrected chi connectivity index (χ4v) is 2.62. The maximum Gasteiger partial charge on any atom is 0.248 e. The maximum absolute atomic E-state index is 12.0. The monoisotopic (exact) mass is 318 g/mol. The number of carbonyl (C=O) groups excluding carboxylic acids is 1. The molecular formula is C20H18N2O2. The van der Waals surface area contributed by atoms with Crippen molar-refractivity contribution in [2.45, 2.75) is 13.3 Å². The lowest BCUT2D eigenvalue weighted by molar-refractivity contribution is -0.111. The highest BCUT2D eigenvalue weighted by Gasteiger charge is 2.04. The average Bonchev–Trinajstić information content (AvgIpc) is 2.59. The molecule has 1 aromatic heterocycles. The van der Waals surface area contributed by atoms with E-state index >= 15 is 0 Å². The molecule has 0 spiro atoms. The van der Waals surface area contributed by atoms with Gasteiger partial charge in [-0.05, 0) is 35.8 Å². The third kappa shape index (κ3) is 3.60. The minimum atomic E-state index is -0.216. The highest BCUT2D eigenvalue weighted by molar-refractivity contribution is 6.03. The third-order valence-electron chi connectivity index (χ3n) is 3.80. The van der Waals surface area contributed by atoms with Gasteiger partial charge in [0.25, 0.3) is 0 Å². The highest BCUT2D eigenvalue weighted by atomic mass is 16.1. The predicted molar refractivity (Wildman–Crippen MR) is 98.1 cm³/mol. The van der Waals surface area contributed by atoms with E-state index < -0.39 is 0 Å². The number of pyridine rings is 1. The second-order valence-corrected chi connectivity index (χ2v) is 5.51. The van der Waals surface area contributed by atoms with Crippen LogP contribution in [0.3, 0.4) is 0 Å². The van der Waals surface area contributed by atoms with Gasteiger partial charge >= 0.3 is 0 Å². The van der Waals surface area contributed by atoms with Gasteiger partial charge < -0.3 is 10.3 Å². The van der Waals surface area contributed by atoms with E-state index in [0.29, 0.717) is 5.69 Å². The summed E-state index contributed by atoms with van der Waals surface area (Å²) in [5.74, 6) is -0.216. The molecule has 0 aliphatic carbocycles. The summed E-state index contributed by atoms with van der Waals surface area (Å²) < 4.78 is 0. The van der Waals surface area contributed by atoms with Crippen LogP contribution in [0.25, 0.3) is 17.0 Å². The van der Waals surface area contributed by atoms with Crippen LogP contribution in [0.2, 0.25) is 0 Å². The van der Waals surface area contributed by atoms with Crippen molar-refractivity contribution in [3.8, 4) is 0 Å². The van der Waals surface area contributed by atoms with Gasteiger partial charge in [-0.2, -0.15) is 0 Å². The van der Waals surface area contributed by atoms with Gasteiger partial charge in [-0.25, -0.2) is 0 Å². The van der Waals surface area contributed by atoms with Crippen LogP contribution in [0, 0.1) is 0 Å². The number of anilines is 1. The summed E-state index contributed by atoms with van der Waals surface area (Å²) in [6.45, 7) is 2.01. The second kappa shape index (κ2) is 6.96. The Bertz CT molecular complexity index is 956. The Morgan fingerprint density at radius 2 is 1.92 bits per heavy atom. The maximum atomic E-state index is 12.0. The predicted octanol–water partition coefficient (Wildman–Crippen LogP) is 3.74. The van der Waals surface area contributed by atoms with Crippen molar-refractivity contribution in [1.29, 1.82) is 0 Å². The van der Waals surface area contributed by atoms with E-state index in [1.165, 1.54) is 6.08 Å². The lowest BCUT2D eigenvalue weighted by Crippen LogP contribution is -2.09. The summed E-state index contributed by atoms with van der Waals surface area (Å²) in [4.78, 5) is 26.6. The first kappa shape index (κ1) is 15.7. The van der Waals surface area contributed by atoms with Gasteiger partial charge in [0.05, 0.1) is 5.52 Å². The molecule has 120 valence electrons. The molecule has 0 aliphatic heterocycles. The van der Waals surface area contributed by atoms with E-state index in [1.54, 1.807) is 18.2 Å². The molecule has 0 radical (unpaired) electrons. The van der Waals surface area contributed by atoms with Crippen LogP contribution in [0.4, 0.5) is 5.69 Å². The van der Waals surface area contributed by atoms with E-state index in [9.17, 15) is 9.59 Å². The lowest BCUT2D eigenvalue weighted by atomic mass is 10.1. The zero-order valence-corrected chi connectivity index (χ0v) is 13.4. The molecule has 2 N–H and O–H groups in total. The van der Waals surface area contributed by atoms with Gasteiger partial charge in [-0.3, -0.25) is 9.59 Å². The molecular weight excluding hydrogens is 300 g/mol. The number of fused-ring (bicyclic) bond motifs is 1. The fourth-order valence-electron chi connectivity index (χ4n) is 2.62. The van der Waals surface area contributed by atoms with Crippen LogP contribution >= 0.6 is 0 Å². The number of hydrogen-bond acceptors (Lipinski definition) is 2. The number of amides is 1. The molecule has 2 aromatic carbocycles. The zero-order chi connectivity index (χ0) is 16.9. The number of carbonyl (C=O) groups is 1. The summed E-state index contributed by atoms with van der Waals surface area (Å²) in [7, 11) is 0. The molecule has 0 atom stereocenters. The Kier molecular flexibility index (Phi) is 4.57. The van der Waals surface area contributed by atoms with Gasteiger partial charge in [0.15, 0.2) is 0 Å². The van der Waals surface area contributed by atoms with Crippen molar-refractivity contribution in [2.75, 3.05) is 5.32 Å². The Balaban J connectivity index is 1.81. The molecule has 0 fully saturated rings. The molecule has 1 amide bonds. The van der Waals surface area contributed by atoms with Crippen LogP contribution < -0.4 is 10.9 Å². The average molecular weight is 318 g/mol. The van der Waals surface area contributed by atoms with E-state index in [0.717, 1.165) is 28.5 Å². The van der Waals surface area contributed by atoms with E-state index in [2.05, 4.69) is 10.3 Å². The fraction of sp³-hybridized carbons (Fsp3) is 0.100. The van der Waals surface area contributed by atoms with Gasteiger partial charge in [-0.1, -0.05) is 43.3 Å². The summed E-state index contributed by atoms with van der Waals surface area (Å²) in [5, 5.41) is 3.81. The Morgan fingerprint density at radius 1 is 1.12 bits per heavy atom. The van der Waals surface area contributed by atoms with Crippen LogP contribution in [0.15, 0.2) is 65.5 Å². The summed E-state index contributed by atoms with van der Waals surface area (Å²) in [6, 6.07) is 16.8. The quantitative estimate of drug-likeness (QED) is 0.720. The van der Waals surface area contributed by atoms with Crippen molar-refractivity contribution in [2.24, 2.45) is 0 Å². The normalized spacial score (nSPS) is 11.0. The highest BCUT2D eigenvalue weighted by Crippen LogP contribution is 2.20. The molecule has 4 nitrogen and oxygen atoms in total. The lowest BCUT2D eigenvalue weighted by Gasteiger charge is -2.07. The van der Waals surface area contributed by atoms with Crippen molar-refractivity contribution in [1.82, 2.24) is 4.98 Å². The standard InChI is InChI=1S/C20H18N2O2/c1-2-15-12-20(24)22-18-13-16(9-10-17(15)18)21-19(23)11-8-14-6-4-3-5-7-14/h3-13H,2H2,1H3,(H,21,23)(H,22,24)/b11-8-. The molecule has 3 aromatic rings. The summed E-state index contributed by atoms with van der Waals surface area (Å²) in [6.07, 6.45) is 4.03. The molecule has 4 heteroatoms. The molecule has 1 heterocycles. The number of nitrogens with one attached hydrogen (secondary N) is 2. The minimum Gasteiger partial charge on any atom is -0.322 e. The number of benzene rings is 2. The third-order valence-corrected chi connectivity index (χ3v) is 3.80. The largest absolute Gasteiger partial charge is 0.322 e. The first-order valence-corrected chi connectivity index (χ1v) is 7.86. The van der Waals surface area contributed by atoms with Crippen molar-refractivity contribution in [3.63, 3.8) is 0 Å². The molecule has 0 bridgehead atoms. The topological polar surface area (TPSA) is 62.0 Å². The number of aromatic nitrogens is 1. The van der Waals surface area contributed by atoms with E-state index in [-0.39, 0.29) is 11.5 Å². The zero-order valence-electron chi connectivity index (χ0n) is 13.4. The Hall–Kier alpha value is -3.14. The molecule has 24 heavy (non-hydrogen) atoms. The Morgan fingerprint density at radius 3 is 2.67 bits per heavy atom. The van der Waals surface area contributed by atoms with E-state index in [1.807, 2.05) is 49.4 Å². The number of H-pyrrole nitrogens is 1. The minimum absolute atomic E-state index is 0.133. The van der Waals surface area contributed by atoms with Crippen molar-refractivity contribution < 1.29 is 4.79 Å². The van der Waals surface area contributed by atoms with Crippen LogP contribution in [0.1, 0.15) is 18.1 Å². The number of hydrogen-bond donors (Lipinski definition) is 2. The first-order chi connectivity index (χ1) is 11.7. The second-order valence-electron chi connectivity index (χ2n) is 5.51. The number of aryl methyl sites for hydroxylation is 1. The van der Waals surface area contributed by atoms with Crippen LogP contribution in [0.5, 0.6) is 0 Å². The summed E-state index contributed by atoms with van der Waals surface area (Å²) in [5.41, 5.74) is 3.20. The Labute approximate surface area is 139 Å². The van der Waals surface area contributed by atoms with Crippen LogP contribution in [-0.2, 0) is 11.2 Å². The number of rotatable bonds is 4. The molecule has 0 saturated heterocycles. The first-order valence-electron chi connectivity index (χ1n) is 7.86. The van der Waals surface area contributed by atoms with Gasteiger partial charge in [-0.15, -0.1) is 0 Å². The molecule has 0 aliphatic rings. The van der Waals surface area contributed by atoms with Crippen molar-refractivity contribution >= 4 is 28.6 Å². The number of aromatic amines is 1. The SMILES string of the molecule is CCc1cc(=O)[nH]c2cc(NC(=O)/C=C\c3ccccc3)ccc12. The molecule has 0 saturated carbocycles. The van der Waals surface area contributed by atoms with Crippen molar-refractivity contribution in [3.05, 3.63) is 82.2 Å². The van der Waals surface area contributed by atoms with E-state index in [4.69, 9.17) is 0 Å². The van der Waals surface area contributed by atoms with Crippen LogP contribution in [-0.4, -0.2) is 10.9 Å². The van der Waals surface area contributed by atoms with Gasteiger partial charge in [0, 0.05) is 23.2 Å². The molecule has 3 rings (SSSR count). The van der Waals surface area contributed by atoms with Gasteiger partial charge in [0.1, 0.15) is 0 Å². The van der Waals surface area contributed by atoms with Gasteiger partial charge in [0.2, 0.25) is 11.5 Å². The summed E-state index contributed by atoms with van der Waals surface area (Å²) >= 11 is 0. The smallest absolute Gasteiger partial charge is 0.248 e.